The van der Waals surface area contributed by atoms with Crippen LogP contribution in [-0.4, -0.2) is 7.11 Å². The van der Waals surface area contributed by atoms with Crippen molar-refractivity contribution in [3.05, 3.63) is 12.3 Å². The third-order valence-electron chi connectivity index (χ3n) is 2.33. The summed E-state index contributed by atoms with van der Waals surface area (Å²) in [7, 11) is 1.70. The van der Waals surface area contributed by atoms with Crippen LogP contribution in [0.25, 0.3) is 0 Å². The SMILES string of the molecule is CCCCCCC(C)(C)/C=C\OC. The Morgan fingerprint density at radius 1 is 1.15 bits per heavy atom. The van der Waals surface area contributed by atoms with Crippen molar-refractivity contribution in [3.63, 3.8) is 0 Å². The maximum absolute atomic E-state index is 4.92. The average Bonchev–Trinajstić information content (AvgIpc) is 2.09. The van der Waals surface area contributed by atoms with Crippen molar-refractivity contribution < 1.29 is 4.74 Å². The minimum absolute atomic E-state index is 0.295. The number of methoxy groups -OCH3 is 1. The lowest BCUT2D eigenvalue weighted by Crippen LogP contribution is -2.06. The molecule has 1 nitrogen and oxygen atoms in total. The quantitative estimate of drug-likeness (QED) is 0.427. The van der Waals surface area contributed by atoms with Crippen molar-refractivity contribution in [2.45, 2.75) is 52.9 Å². The zero-order valence-electron chi connectivity index (χ0n) is 9.60. The van der Waals surface area contributed by atoms with Crippen LogP contribution in [0.5, 0.6) is 0 Å². The van der Waals surface area contributed by atoms with Crippen LogP contribution in [0.15, 0.2) is 12.3 Å². The number of unbranched alkanes of at least 4 members (excludes halogenated alkanes) is 3. The lowest BCUT2D eigenvalue weighted by Gasteiger charge is -2.19. The van der Waals surface area contributed by atoms with Gasteiger partial charge in [0.1, 0.15) is 0 Å². The summed E-state index contributed by atoms with van der Waals surface area (Å²) >= 11 is 0. The summed E-state index contributed by atoms with van der Waals surface area (Å²) in [4.78, 5) is 0. The standard InChI is InChI=1S/C12H24O/c1-5-6-7-8-9-12(2,3)10-11-13-4/h10-11H,5-9H2,1-4H3/b11-10-. The van der Waals surface area contributed by atoms with Gasteiger partial charge in [0.25, 0.3) is 0 Å². The number of allylic oxidation sites excluding steroid dienone is 1. The number of hydrogen-bond acceptors (Lipinski definition) is 1. The molecule has 78 valence electrons. The van der Waals surface area contributed by atoms with E-state index in [4.69, 9.17) is 4.74 Å². The molecule has 0 aliphatic heterocycles. The first-order valence-corrected chi connectivity index (χ1v) is 5.33. The van der Waals surface area contributed by atoms with Crippen molar-refractivity contribution in [1.82, 2.24) is 0 Å². The van der Waals surface area contributed by atoms with Crippen LogP contribution in [0, 0.1) is 5.41 Å². The molecule has 0 unspecified atom stereocenters. The normalized spacial score (nSPS) is 12.3. The van der Waals surface area contributed by atoms with Crippen LogP contribution in [0.2, 0.25) is 0 Å². The smallest absolute Gasteiger partial charge is 0.0790 e. The highest BCUT2D eigenvalue weighted by atomic mass is 16.5. The van der Waals surface area contributed by atoms with Gasteiger partial charge in [-0.15, -0.1) is 0 Å². The van der Waals surface area contributed by atoms with Gasteiger partial charge in [0.05, 0.1) is 13.4 Å². The summed E-state index contributed by atoms with van der Waals surface area (Å²) < 4.78 is 4.92. The first kappa shape index (κ1) is 12.5. The summed E-state index contributed by atoms with van der Waals surface area (Å²) in [5.74, 6) is 0. The van der Waals surface area contributed by atoms with Gasteiger partial charge in [0, 0.05) is 0 Å². The van der Waals surface area contributed by atoms with E-state index in [2.05, 4.69) is 26.8 Å². The van der Waals surface area contributed by atoms with Crippen molar-refractivity contribution in [3.8, 4) is 0 Å². The second-order valence-corrected chi connectivity index (χ2v) is 4.34. The molecule has 0 radical (unpaired) electrons. The van der Waals surface area contributed by atoms with Gasteiger partial charge in [-0.1, -0.05) is 46.5 Å². The maximum Gasteiger partial charge on any atom is 0.0790 e. The van der Waals surface area contributed by atoms with Crippen LogP contribution >= 0.6 is 0 Å². The Balaban J connectivity index is 3.56. The fraction of sp³-hybridized carbons (Fsp3) is 0.833. The van der Waals surface area contributed by atoms with E-state index in [0.717, 1.165) is 0 Å². The van der Waals surface area contributed by atoms with Crippen LogP contribution in [0.3, 0.4) is 0 Å². The molecule has 0 aromatic rings. The fourth-order valence-electron chi connectivity index (χ4n) is 1.34. The molecule has 0 saturated heterocycles. The maximum atomic E-state index is 4.92. The van der Waals surface area contributed by atoms with Crippen molar-refractivity contribution in [1.29, 1.82) is 0 Å². The minimum Gasteiger partial charge on any atom is -0.505 e. The zero-order valence-corrected chi connectivity index (χ0v) is 9.60. The topological polar surface area (TPSA) is 9.23 Å². The van der Waals surface area contributed by atoms with Gasteiger partial charge in [0.2, 0.25) is 0 Å². The highest BCUT2D eigenvalue weighted by Gasteiger charge is 2.12. The summed E-state index contributed by atoms with van der Waals surface area (Å²) in [6.45, 7) is 6.76. The Bertz CT molecular complexity index is 136. The Morgan fingerprint density at radius 3 is 2.38 bits per heavy atom. The van der Waals surface area contributed by atoms with E-state index in [1.54, 1.807) is 13.4 Å². The van der Waals surface area contributed by atoms with Gasteiger partial charge >= 0.3 is 0 Å². The second-order valence-electron chi connectivity index (χ2n) is 4.34. The molecule has 0 amide bonds. The first-order chi connectivity index (χ1) is 6.12. The van der Waals surface area contributed by atoms with Crippen LogP contribution in [0.4, 0.5) is 0 Å². The molecule has 0 spiro atoms. The van der Waals surface area contributed by atoms with Gasteiger partial charge in [-0.25, -0.2) is 0 Å². The highest BCUT2D eigenvalue weighted by molar-refractivity contribution is 4.90. The van der Waals surface area contributed by atoms with E-state index < -0.39 is 0 Å². The van der Waals surface area contributed by atoms with Crippen molar-refractivity contribution in [2.24, 2.45) is 5.41 Å². The third kappa shape index (κ3) is 7.89. The van der Waals surface area contributed by atoms with E-state index in [9.17, 15) is 0 Å². The lowest BCUT2D eigenvalue weighted by molar-refractivity contribution is 0.321. The summed E-state index contributed by atoms with van der Waals surface area (Å²) in [5, 5.41) is 0. The average molecular weight is 184 g/mol. The highest BCUT2D eigenvalue weighted by Crippen LogP contribution is 2.25. The zero-order chi connectivity index (χ0) is 10.2. The molecular formula is C12H24O. The van der Waals surface area contributed by atoms with Gasteiger partial charge in [-0.3, -0.25) is 0 Å². The second kappa shape index (κ2) is 6.99. The van der Waals surface area contributed by atoms with Gasteiger partial charge < -0.3 is 4.74 Å². The van der Waals surface area contributed by atoms with Crippen molar-refractivity contribution >= 4 is 0 Å². The number of hydrogen-bond donors (Lipinski definition) is 0. The van der Waals surface area contributed by atoms with Crippen LogP contribution in [-0.2, 0) is 4.74 Å². The number of rotatable bonds is 7. The molecule has 0 N–H and O–H groups in total. The largest absolute Gasteiger partial charge is 0.505 e. The molecule has 0 aromatic carbocycles. The molecule has 1 heteroatoms. The molecule has 0 aromatic heterocycles. The molecular weight excluding hydrogens is 160 g/mol. The molecule has 0 rings (SSSR count). The Labute approximate surface area is 83.2 Å². The third-order valence-corrected chi connectivity index (χ3v) is 2.33. The molecule has 0 atom stereocenters. The van der Waals surface area contributed by atoms with Gasteiger partial charge in [0.15, 0.2) is 0 Å². The predicted molar refractivity (Wildman–Crippen MR) is 58.7 cm³/mol. The first-order valence-electron chi connectivity index (χ1n) is 5.33. The molecule has 0 saturated carbocycles. The Hall–Kier alpha value is -0.460. The molecule has 13 heavy (non-hydrogen) atoms. The Morgan fingerprint density at radius 2 is 1.85 bits per heavy atom. The van der Waals surface area contributed by atoms with E-state index >= 15 is 0 Å². The molecule has 0 heterocycles. The van der Waals surface area contributed by atoms with E-state index in [-0.39, 0.29) is 0 Å². The molecule has 0 aliphatic carbocycles. The Kier molecular flexibility index (Phi) is 6.75. The summed E-state index contributed by atoms with van der Waals surface area (Å²) in [6.07, 6.45) is 10.6. The minimum atomic E-state index is 0.295. The molecule has 0 fully saturated rings. The summed E-state index contributed by atoms with van der Waals surface area (Å²) in [5.41, 5.74) is 0.295. The predicted octanol–water partition coefficient (Wildman–Crippen LogP) is 4.14. The monoisotopic (exact) mass is 184 g/mol. The van der Waals surface area contributed by atoms with Crippen molar-refractivity contribution in [2.75, 3.05) is 7.11 Å². The molecule has 0 bridgehead atoms. The van der Waals surface area contributed by atoms with E-state index in [1.807, 2.05) is 0 Å². The van der Waals surface area contributed by atoms with Gasteiger partial charge in [-0.2, -0.15) is 0 Å². The van der Waals surface area contributed by atoms with E-state index in [1.165, 1.54) is 32.1 Å². The van der Waals surface area contributed by atoms with Crippen LogP contribution in [0.1, 0.15) is 52.9 Å². The molecule has 0 aliphatic rings. The summed E-state index contributed by atoms with van der Waals surface area (Å²) in [6, 6.07) is 0. The fourth-order valence-corrected chi connectivity index (χ4v) is 1.34. The number of ether oxygens (including phenoxy) is 1. The van der Waals surface area contributed by atoms with E-state index in [0.29, 0.717) is 5.41 Å². The lowest BCUT2D eigenvalue weighted by atomic mass is 9.87. The van der Waals surface area contributed by atoms with Crippen LogP contribution < -0.4 is 0 Å². The van der Waals surface area contributed by atoms with Gasteiger partial charge in [-0.05, 0) is 17.9 Å².